The monoisotopic (exact) mass is 372 g/mol. The molecule has 2 amide bonds. The molecule has 0 radical (unpaired) electrons. The van der Waals surface area contributed by atoms with Crippen LogP contribution in [0.3, 0.4) is 0 Å². The zero-order valence-corrected chi connectivity index (χ0v) is 15.3. The second-order valence-corrected chi connectivity index (χ2v) is 6.24. The molecule has 1 fully saturated rings. The third-order valence-corrected chi connectivity index (χ3v) is 4.39. The van der Waals surface area contributed by atoms with E-state index in [0.717, 1.165) is 12.2 Å². The Hall–Kier alpha value is -2.96. The molecular formula is C20H24N2O5. The van der Waals surface area contributed by atoms with Gasteiger partial charge in [-0.05, 0) is 56.2 Å². The molecule has 0 spiro atoms. The summed E-state index contributed by atoms with van der Waals surface area (Å²) in [6.07, 6.45) is 3.01. The van der Waals surface area contributed by atoms with Crippen molar-refractivity contribution in [2.75, 3.05) is 19.8 Å². The number of hydrogen-bond donors (Lipinski definition) is 1. The maximum Gasteiger partial charge on any atom is 0.261 e. The van der Waals surface area contributed by atoms with Gasteiger partial charge < -0.3 is 24.1 Å². The fraction of sp³-hybridized carbons (Fsp3) is 0.400. The topological polar surface area (TPSA) is 81.0 Å². The van der Waals surface area contributed by atoms with Crippen molar-refractivity contribution < 1.29 is 23.5 Å². The number of nitrogens with zero attached hydrogens (tertiary/aromatic N) is 1. The number of carbonyl (C=O) groups is 2. The second-order valence-electron chi connectivity index (χ2n) is 6.24. The van der Waals surface area contributed by atoms with Crippen LogP contribution in [-0.2, 0) is 16.1 Å². The summed E-state index contributed by atoms with van der Waals surface area (Å²) in [5.74, 6) is 1.66. The van der Waals surface area contributed by atoms with E-state index < -0.39 is 6.04 Å². The van der Waals surface area contributed by atoms with Gasteiger partial charge in [0, 0.05) is 6.54 Å². The highest BCUT2D eigenvalue weighted by molar-refractivity contribution is 5.88. The lowest BCUT2D eigenvalue weighted by Crippen LogP contribution is -2.47. The largest absolute Gasteiger partial charge is 0.494 e. The standard InChI is InChI=1S/C20H24N2O5/c1-2-25-15-7-9-16(10-8-15)27-14-19(23)22-11-3-6-18(22)20(24)21-13-17-5-4-12-26-17/h4-5,7-10,12,18H,2-3,6,11,13-14H2,1H3,(H,21,24). The first-order chi connectivity index (χ1) is 13.2. The van der Waals surface area contributed by atoms with E-state index in [2.05, 4.69) is 5.32 Å². The molecule has 1 saturated heterocycles. The summed E-state index contributed by atoms with van der Waals surface area (Å²) in [6.45, 7) is 3.28. The molecule has 0 aliphatic carbocycles. The van der Waals surface area contributed by atoms with Gasteiger partial charge in [0.1, 0.15) is 23.3 Å². The maximum absolute atomic E-state index is 12.5. The Morgan fingerprint density at radius 3 is 2.59 bits per heavy atom. The lowest BCUT2D eigenvalue weighted by molar-refractivity contribution is -0.140. The van der Waals surface area contributed by atoms with E-state index in [1.165, 1.54) is 0 Å². The average Bonchev–Trinajstić information content (AvgIpc) is 3.37. The van der Waals surface area contributed by atoms with E-state index >= 15 is 0 Å². The molecular weight excluding hydrogens is 348 g/mol. The minimum atomic E-state index is -0.462. The van der Waals surface area contributed by atoms with E-state index in [1.807, 2.05) is 6.92 Å². The van der Waals surface area contributed by atoms with Gasteiger partial charge in [0.25, 0.3) is 5.91 Å². The highest BCUT2D eigenvalue weighted by Gasteiger charge is 2.34. The fourth-order valence-corrected chi connectivity index (χ4v) is 3.07. The molecule has 3 rings (SSSR count). The van der Waals surface area contributed by atoms with Gasteiger partial charge >= 0.3 is 0 Å². The SMILES string of the molecule is CCOc1ccc(OCC(=O)N2CCCC2C(=O)NCc2ccco2)cc1. The predicted molar refractivity (Wildman–Crippen MR) is 98.4 cm³/mol. The van der Waals surface area contributed by atoms with E-state index in [1.54, 1.807) is 47.6 Å². The predicted octanol–water partition coefficient (Wildman–Crippen LogP) is 2.36. The number of nitrogens with one attached hydrogen (secondary N) is 1. The number of carbonyl (C=O) groups excluding carboxylic acids is 2. The molecule has 144 valence electrons. The number of benzene rings is 1. The maximum atomic E-state index is 12.5. The van der Waals surface area contributed by atoms with Crippen LogP contribution in [0, 0.1) is 0 Å². The molecule has 7 heteroatoms. The first-order valence-corrected chi connectivity index (χ1v) is 9.12. The van der Waals surface area contributed by atoms with Crippen LogP contribution in [0.25, 0.3) is 0 Å². The third-order valence-electron chi connectivity index (χ3n) is 4.39. The summed E-state index contributed by atoms with van der Waals surface area (Å²) in [4.78, 5) is 26.5. The van der Waals surface area contributed by atoms with Crippen molar-refractivity contribution in [3.05, 3.63) is 48.4 Å². The summed E-state index contributed by atoms with van der Waals surface area (Å²) in [5.41, 5.74) is 0. The van der Waals surface area contributed by atoms with Crippen molar-refractivity contribution in [1.82, 2.24) is 10.2 Å². The number of hydrogen-bond acceptors (Lipinski definition) is 5. The van der Waals surface area contributed by atoms with Gasteiger partial charge in [0.2, 0.25) is 5.91 Å². The molecule has 1 N–H and O–H groups in total. The molecule has 0 bridgehead atoms. The normalized spacial score (nSPS) is 16.2. The van der Waals surface area contributed by atoms with Crippen molar-refractivity contribution in [2.24, 2.45) is 0 Å². The first-order valence-electron chi connectivity index (χ1n) is 9.12. The molecule has 1 aromatic heterocycles. The molecule has 1 aliphatic rings. The second kappa shape index (κ2) is 9.12. The smallest absolute Gasteiger partial charge is 0.261 e. The van der Waals surface area contributed by atoms with Gasteiger partial charge in [0.05, 0.1) is 19.4 Å². The highest BCUT2D eigenvalue weighted by atomic mass is 16.5. The average molecular weight is 372 g/mol. The van der Waals surface area contributed by atoms with Crippen molar-refractivity contribution in [3.63, 3.8) is 0 Å². The summed E-state index contributed by atoms with van der Waals surface area (Å²) in [6, 6.07) is 10.2. The molecule has 2 heterocycles. The quantitative estimate of drug-likeness (QED) is 0.769. The third kappa shape index (κ3) is 5.03. The van der Waals surface area contributed by atoms with Crippen molar-refractivity contribution in [1.29, 1.82) is 0 Å². The van der Waals surface area contributed by atoms with E-state index in [4.69, 9.17) is 13.9 Å². The minimum Gasteiger partial charge on any atom is -0.494 e. The van der Waals surface area contributed by atoms with Crippen LogP contribution in [0.1, 0.15) is 25.5 Å². The Bertz CT molecular complexity index is 742. The number of rotatable bonds is 8. The number of likely N-dealkylation sites (tertiary alicyclic amines) is 1. The Morgan fingerprint density at radius 1 is 1.19 bits per heavy atom. The lowest BCUT2D eigenvalue weighted by Gasteiger charge is -2.23. The molecule has 1 aliphatic heterocycles. The van der Waals surface area contributed by atoms with Gasteiger partial charge in [0.15, 0.2) is 6.61 Å². The van der Waals surface area contributed by atoms with Crippen LogP contribution < -0.4 is 14.8 Å². The van der Waals surface area contributed by atoms with E-state index in [-0.39, 0.29) is 18.4 Å². The van der Waals surface area contributed by atoms with Gasteiger partial charge in [-0.15, -0.1) is 0 Å². The summed E-state index contributed by atoms with van der Waals surface area (Å²) in [7, 11) is 0. The van der Waals surface area contributed by atoms with Crippen molar-refractivity contribution >= 4 is 11.8 Å². The zero-order valence-electron chi connectivity index (χ0n) is 15.3. The Balaban J connectivity index is 1.49. The zero-order chi connectivity index (χ0) is 19.1. The highest BCUT2D eigenvalue weighted by Crippen LogP contribution is 2.20. The fourth-order valence-electron chi connectivity index (χ4n) is 3.07. The van der Waals surface area contributed by atoms with Gasteiger partial charge in [-0.3, -0.25) is 9.59 Å². The van der Waals surface area contributed by atoms with Crippen LogP contribution in [0.5, 0.6) is 11.5 Å². The van der Waals surface area contributed by atoms with Crippen LogP contribution in [0.2, 0.25) is 0 Å². The molecule has 1 aromatic carbocycles. The Labute approximate surface area is 158 Å². The Morgan fingerprint density at radius 2 is 1.93 bits per heavy atom. The lowest BCUT2D eigenvalue weighted by atomic mass is 10.2. The van der Waals surface area contributed by atoms with Gasteiger partial charge in [-0.1, -0.05) is 0 Å². The summed E-state index contributed by atoms with van der Waals surface area (Å²) in [5, 5.41) is 2.82. The van der Waals surface area contributed by atoms with Gasteiger partial charge in [-0.2, -0.15) is 0 Å². The van der Waals surface area contributed by atoms with Gasteiger partial charge in [-0.25, -0.2) is 0 Å². The number of furan rings is 1. The Kier molecular flexibility index (Phi) is 6.35. The van der Waals surface area contributed by atoms with Crippen molar-refractivity contribution in [3.8, 4) is 11.5 Å². The number of amides is 2. The summed E-state index contributed by atoms with van der Waals surface area (Å²) < 4.78 is 16.2. The van der Waals surface area contributed by atoms with E-state index in [9.17, 15) is 9.59 Å². The molecule has 1 atom stereocenters. The molecule has 2 aromatic rings. The molecule has 27 heavy (non-hydrogen) atoms. The minimum absolute atomic E-state index is 0.101. The van der Waals surface area contributed by atoms with Crippen LogP contribution in [-0.4, -0.2) is 42.5 Å². The van der Waals surface area contributed by atoms with Crippen molar-refractivity contribution in [2.45, 2.75) is 32.4 Å². The molecule has 0 saturated carbocycles. The van der Waals surface area contributed by atoms with Crippen LogP contribution >= 0.6 is 0 Å². The number of ether oxygens (including phenoxy) is 2. The molecule has 1 unspecified atom stereocenters. The van der Waals surface area contributed by atoms with Crippen LogP contribution in [0.4, 0.5) is 0 Å². The van der Waals surface area contributed by atoms with Crippen LogP contribution in [0.15, 0.2) is 47.1 Å². The summed E-state index contributed by atoms with van der Waals surface area (Å²) >= 11 is 0. The molecule has 7 nitrogen and oxygen atoms in total. The van der Waals surface area contributed by atoms with E-state index in [0.29, 0.717) is 37.6 Å². The first kappa shape index (κ1) is 18.8.